The molecule has 0 spiro atoms. The van der Waals surface area contributed by atoms with Gasteiger partial charge in [0.1, 0.15) is 12.4 Å². The van der Waals surface area contributed by atoms with E-state index in [0.29, 0.717) is 12.3 Å². The minimum absolute atomic E-state index is 0.182. The number of hydrogen-bond donors (Lipinski definition) is 2. The number of carbonyl (C=O) groups excluding carboxylic acids is 1. The Morgan fingerprint density at radius 1 is 1.45 bits per heavy atom. The molecule has 1 heterocycles. The average Bonchev–Trinajstić information content (AvgIpc) is 2.92. The van der Waals surface area contributed by atoms with Crippen LogP contribution in [-0.4, -0.2) is 31.1 Å². The van der Waals surface area contributed by atoms with E-state index in [4.69, 9.17) is 4.74 Å². The van der Waals surface area contributed by atoms with Crippen LogP contribution in [0.25, 0.3) is 6.08 Å². The van der Waals surface area contributed by atoms with Crippen molar-refractivity contribution in [3.8, 4) is 5.75 Å². The van der Waals surface area contributed by atoms with Crippen molar-refractivity contribution in [2.45, 2.75) is 6.92 Å². The summed E-state index contributed by atoms with van der Waals surface area (Å²) in [5, 5.41) is 6.80. The third kappa shape index (κ3) is 5.31. The quantitative estimate of drug-likeness (QED) is 0.609. The maximum Gasteiger partial charge on any atom is 0.248 e. The molecule has 0 aliphatic rings. The lowest BCUT2D eigenvalue weighted by Gasteiger charge is -2.08. The smallest absolute Gasteiger partial charge is 0.248 e. The van der Waals surface area contributed by atoms with E-state index >= 15 is 0 Å². The first-order chi connectivity index (χ1) is 10.7. The SMILES string of the molecule is CNCCOc1cccc(NC(=O)/C=C/c2cnc(C)s2)c1. The van der Waals surface area contributed by atoms with E-state index in [0.717, 1.165) is 22.2 Å². The Hall–Kier alpha value is -2.18. The standard InChI is InChI=1S/C16H19N3O2S/c1-12-18-11-15(22-12)6-7-16(20)19-13-4-3-5-14(10-13)21-9-8-17-2/h3-7,10-11,17H,8-9H2,1-2H3,(H,19,20)/b7-6+. The summed E-state index contributed by atoms with van der Waals surface area (Å²) in [6.45, 7) is 3.29. The Labute approximate surface area is 134 Å². The van der Waals surface area contributed by atoms with Crippen LogP contribution < -0.4 is 15.4 Å². The van der Waals surface area contributed by atoms with E-state index in [9.17, 15) is 4.79 Å². The summed E-state index contributed by atoms with van der Waals surface area (Å²) >= 11 is 1.55. The van der Waals surface area contributed by atoms with E-state index in [-0.39, 0.29) is 5.91 Å². The normalized spacial score (nSPS) is 10.8. The predicted molar refractivity (Wildman–Crippen MR) is 90.4 cm³/mol. The molecule has 5 nitrogen and oxygen atoms in total. The number of amides is 1. The fourth-order valence-corrected chi connectivity index (χ4v) is 2.42. The van der Waals surface area contributed by atoms with Crippen LogP contribution in [0.3, 0.4) is 0 Å². The van der Waals surface area contributed by atoms with Crippen LogP contribution in [0.15, 0.2) is 36.5 Å². The first kappa shape index (κ1) is 16.2. The molecule has 6 heteroatoms. The number of aryl methyl sites for hydroxylation is 1. The molecular weight excluding hydrogens is 298 g/mol. The largest absolute Gasteiger partial charge is 0.492 e. The second-order valence-corrected chi connectivity index (χ2v) is 5.85. The molecule has 1 amide bonds. The summed E-state index contributed by atoms with van der Waals surface area (Å²) in [5.41, 5.74) is 0.706. The van der Waals surface area contributed by atoms with Crippen LogP contribution >= 0.6 is 11.3 Å². The van der Waals surface area contributed by atoms with Crippen LogP contribution in [0.5, 0.6) is 5.75 Å². The monoisotopic (exact) mass is 317 g/mol. The number of ether oxygens (including phenoxy) is 1. The number of benzene rings is 1. The Balaban J connectivity index is 1.90. The maximum absolute atomic E-state index is 11.9. The summed E-state index contributed by atoms with van der Waals surface area (Å²) in [6.07, 6.45) is 5.01. The molecule has 1 aromatic carbocycles. The number of nitrogens with zero attached hydrogens (tertiary/aromatic N) is 1. The van der Waals surface area contributed by atoms with Crippen LogP contribution in [0.1, 0.15) is 9.88 Å². The molecule has 0 aliphatic carbocycles. The number of aromatic nitrogens is 1. The molecule has 2 rings (SSSR count). The molecule has 0 unspecified atom stereocenters. The van der Waals surface area contributed by atoms with Crippen LogP contribution in [-0.2, 0) is 4.79 Å². The zero-order valence-corrected chi connectivity index (χ0v) is 13.4. The van der Waals surface area contributed by atoms with Crippen LogP contribution in [0.2, 0.25) is 0 Å². The molecular formula is C16H19N3O2S. The van der Waals surface area contributed by atoms with Gasteiger partial charge in [0.15, 0.2) is 0 Å². The van der Waals surface area contributed by atoms with Crippen molar-refractivity contribution >= 4 is 29.0 Å². The molecule has 116 valence electrons. The van der Waals surface area contributed by atoms with Gasteiger partial charge in [0.25, 0.3) is 0 Å². The molecule has 0 saturated carbocycles. The first-order valence-corrected chi connectivity index (χ1v) is 7.78. The lowest BCUT2D eigenvalue weighted by Crippen LogP contribution is -2.16. The average molecular weight is 317 g/mol. The number of anilines is 1. The van der Waals surface area contributed by atoms with Crippen molar-refractivity contribution in [3.63, 3.8) is 0 Å². The Kier molecular flexibility index (Phi) is 6.12. The van der Waals surface area contributed by atoms with E-state index in [2.05, 4.69) is 15.6 Å². The maximum atomic E-state index is 11.9. The molecule has 2 N–H and O–H groups in total. The molecule has 0 saturated heterocycles. The summed E-state index contributed by atoms with van der Waals surface area (Å²) < 4.78 is 5.56. The molecule has 0 radical (unpaired) electrons. The molecule has 0 atom stereocenters. The first-order valence-electron chi connectivity index (χ1n) is 6.96. The molecule has 1 aromatic heterocycles. The van der Waals surface area contributed by atoms with Crippen molar-refractivity contribution in [3.05, 3.63) is 46.4 Å². The zero-order valence-electron chi connectivity index (χ0n) is 12.6. The number of carbonyl (C=O) groups is 1. The lowest BCUT2D eigenvalue weighted by molar-refractivity contribution is -0.111. The third-order valence-corrected chi connectivity index (χ3v) is 3.64. The predicted octanol–water partition coefficient (Wildman–Crippen LogP) is 2.70. The zero-order chi connectivity index (χ0) is 15.8. The molecule has 0 fully saturated rings. The number of rotatable bonds is 7. The van der Waals surface area contributed by atoms with Crippen molar-refractivity contribution in [1.29, 1.82) is 0 Å². The van der Waals surface area contributed by atoms with Crippen molar-refractivity contribution in [1.82, 2.24) is 10.3 Å². The molecule has 0 bridgehead atoms. The number of likely N-dealkylation sites (N-methyl/N-ethyl adjacent to an activating group) is 1. The Bertz CT molecular complexity index is 652. The minimum Gasteiger partial charge on any atom is -0.492 e. The number of thiazole rings is 1. The van der Waals surface area contributed by atoms with Gasteiger partial charge in [-0.15, -0.1) is 11.3 Å². The molecule has 2 aromatic rings. The van der Waals surface area contributed by atoms with Gasteiger partial charge in [-0.1, -0.05) is 6.07 Å². The van der Waals surface area contributed by atoms with Gasteiger partial charge in [-0.05, 0) is 32.2 Å². The van der Waals surface area contributed by atoms with Crippen molar-refractivity contribution in [2.75, 3.05) is 25.5 Å². The van der Waals surface area contributed by atoms with Gasteiger partial charge in [-0.2, -0.15) is 0 Å². The summed E-state index contributed by atoms with van der Waals surface area (Å²) in [5.74, 6) is 0.550. The minimum atomic E-state index is -0.182. The van der Waals surface area contributed by atoms with E-state index < -0.39 is 0 Å². The second kappa shape index (κ2) is 8.31. The highest BCUT2D eigenvalue weighted by Gasteiger charge is 2.01. The lowest BCUT2D eigenvalue weighted by atomic mass is 10.3. The fourth-order valence-electron chi connectivity index (χ4n) is 1.73. The highest BCUT2D eigenvalue weighted by Crippen LogP contribution is 2.17. The van der Waals surface area contributed by atoms with E-state index in [1.165, 1.54) is 6.08 Å². The third-order valence-electron chi connectivity index (χ3n) is 2.76. The van der Waals surface area contributed by atoms with Gasteiger partial charge in [0.05, 0.1) is 5.01 Å². The van der Waals surface area contributed by atoms with Gasteiger partial charge in [0.2, 0.25) is 5.91 Å². The highest BCUT2D eigenvalue weighted by molar-refractivity contribution is 7.12. The van der Waals surface area contributed by atoms with Crippen molar-refractivity contribution in [2.24, 2.45) is 0 Å². The molecule has 0 aliphatic heterocycles. The van der Waals surface area contributed by atoms with Gasteiger partial charge in [0, 0.05) is 35.4 Å². The highest BCUT2D eigenvalue weighted by atomic mass is 32.1. The van der Waals surface area contributed by atoms with E-state index in [1.54, 1.807) is 29.7 Å². The van der Waals surface area contributed by atoms with Crippen LogP contribution in [0.4, 0.5) is 5.69 Å². The summed E-state index contributed by atoms with van der Waals surface area (Å²) in [4.78, 5) is 17.0. The fraction of sp³-hybridized carbons (Fsp3) is 0.250. The Morgan fingerprint density at radius 2 is 2.32 bits per heavy atom. The number of hydrogen-bond acceptors (Lipinski definition) is 5. The summed E-state index contributed by atoms with van der Waals surface area (Å²) in [7, 11) is 1.87. The van der Waals surface area contributed by atoms with Gasteiger partial charge in [-0.3, -0.25) is 4.79 Å². The van der Waals surface area contributed by atoms with Gasteiger partial charge >= 0.3 is 0 Å². The van der Waals surface area contributed by atoms with Crippen molar-refractivity contribution < 1.29 is 9.53 Å². The second-order valence-electron chi connectivity index (χ2n) is 4.58. The molecule has 22 heavy (non-hydrogen) atoms. The van der Waals surface area contributed by atoms with Gasteiger partial charge in [-0.25, -0.2) is 4.98 Å². The van der Waals surface area contributed by atoms with Gasteiger partial charge < -0.3 is 15.4 Å². The van der Waals surface area contributed by atoms with Crippen LogP contribution in [0, 0.1) is 6.92 Å². The number of nitrogens with one attached hydrogen (secondary N) is 2. The topological polar surface area (TPSA) is 63.2 Å². The van der Waals surface area contributed by atoms with E-state index in [1.807, 2.05) is 32.2 Å². The summed E-state index contributed by atoms with van der Waals surface area (Å²) in [6, 6.07) is 7.34. The Morgan fingerprint density at radius 3 is 3.05 bits per heavy atom.